The van der Waals surface area contributed by atoms with Crippen LogP contribution in [0.4, 0.5) is 5.69 Å². The van der Waals surface area contributed by atoms with E-state index >= 15 is 0 Å². The molecule has 0 bridgehead atoms. The number of allylic oxidation sites excluding steroid dienone is 2. The van der Waals surface area contributed by atoms with Gasteiger partial charge in [-0.1, -0.05) is 48.6 Å². The van der Waals surface area contributed by atoms with E-state index in [2.05, 4.69) is 27.6 Å². The van der Waals surface area contributed by atoms with E-state index < -0.39 is 11.9 Å². The minimum Gasteiger partial charge on any atom is -0.505 e. The maximum Gasteiger partial charge on any atom is 0.325 e. The summed E-state index contributed by atoms with van der Waals surface area (Å²) in [6, 6.07) is 15.6. The van der Waals surface area contributed by atoms with Crippen LogP contribution in [0.5, 0.6) is 0 Å². The van der Waals surface area contributed by atoms with Crippen LogP contribution in [-0.4, -0.2) is 48.0 Å². The first kappa shape index (κ1) is 23.6. The highest BCUT2D eigenvalue weighted by Gasteiger charge is 2.31. The van der Waals surface area contributed by atoms with E-state index in [-0.39, 0.29) is 31.2 Å². The molecule has 0 atom stereocenters. The molecule has 0 radical (unpaired) electrons. The Morgan fingerprint density at radius 3 is 2.69 bits per heavy atom. The number of nitrogens with zero attached hydrogens (tertiary/aromatic N) is 3. The number of nitrogens with one attached hydrogen (secondary N) is 1. The summed E-state index contributed by atoms with van der Waals surface area (Å²) >= 11 is 0. The third-order valence-corrected chi connectivity index (χ3v) is 5.63. The van der Waals surface area contributed by atoms with Crippen LogP contribution in [0.2, 0.25) is 0 Å². The molecule has 0 spiro atoms. The van der Waals surface area contributed by atoms with Crippen LogP contribution in [0.1, 0.15) is 23.6 Å². The molecule has 0 aromatic heterocycles. The summed E-state index contributed by atoms with van der Waals surface area (Å²) in [6.45, 7) is 2.49. The highest BCUT2D eigenvalue weighted by molar-refractivity contribution is 6.01. The van der Waals surface area contributed by atoms with Crippen LogP contribution < -0.4 is 16.0 Å². The normalized spacial score (nSPS) is 15.2. The number of amides is 1. The molecule has 1 amide bonds. The lowest BCUT2D eigenvalue weighted by Gasteiger charge is -2.30. The molecule has 4 N–H and O–H groups in total. The predicted molar refractivity (Wildman–Crippen MR) is 135 cm³/mol. The van der Waals surface area contributed by atoms with E-state index in [0.717, 1.165) is 35.3 Å². The number of carbonyl (C=O) groups excluding carboxylic acids is 2. The first-order valence-electron chi connectivity index (χ1n) is 11.2. The van der Waals surface area contributed by atoms with Crippen LogP contribution in [0, 0.1) is 0 Å². The van der Waals surface area contributed by atoms with Gasteiger partial charge in [0.25, 0.3) is 5.91 Å². The van der Waals surface area contributed by atoms with Gasteiger partial charge in [-0.3, -0.25) is 14.6 Å². The van der Waals surface area contributed by atoms with Gasteiger partial charge < -0.3 is 25.8 Å². The van der Waals surface area contributed by atoms with Crippen molar-refractivity contribution < 1.29 is 19.4 Å². The first-order valence-corrected chi connectivity index (χ1v) is 11.2. The number of ether oxygens (including phenoxy) is 1. The minimum absolute atomic E-state index is 0.0975. The Balaban J connectivity index is 1.70. The molecule has 0 saturated carbocycles. The molecule has 2 aromatic carbocycles. The number of aliphatic hydroxyl groups excluding tert-OH is 1. The lowest BCUT2D eigenvalue weighted by Crippen LogP contribution is -2.38. The maximum atomic E-state index is 12.9. The quantitative estimate of drug-likeness (QED) is 0.321. The molecular formula is C26H27N5O4. The van der Waals surface area contributed by atoms with Gasteiger partial charge in [0.05, 0.1) is 13.2 Å². The molecule has 0 fully saturated rings. The van der Waals surface area contributed by atoms with Gasteiger partial charge in [0, 0.05) is 24.0 Å². The van der Waals surface area contributed by atoms with Gasteiger partial charge in [0.2, 0.25) is 0 Å². The third kappa shape index (κ3) is 5.03. The second-order valence-corrected chi connectivity index (χ2v) is 7.81. The summed E-state index contributed by atoms with van der Waals surface area (Å²) in [5.41, 5.74) is 9.67. The van der Waals surface area contributed by atoms with Gasteiger partial charge in [0.1, 0.15) is 12.9 Å². The average molecular weight is 474 g/mol. The van der Waals surface area contributed by atoms with Crippen LogP contribution in [-0.2, 0) is 20.9 Å². The summed E-state index contributed by atoms with van der Waals surface area (Å²) in [7, 11) is 0. The second-order valence-electron chi connectivity index (χ2n) is 7.81. The van der Waals surface area contributed by atoms with E-state index in [4.69, 9.17) is 10.5 Å². The predicted octanol–water partition coefficient (Wildman–Crippen LogP) is 2.73. The van der Waals surface area contributed by atoms with Crippen molar-refractivity contribution in [3.8, 4) is 0 Å². The topological polar surface area (TPSA) is 120 Å². The minimum atomic E-state index is -0.663. The molecule has 2 aliphatic heterocycles. The Kier molecular flexibility index (Phi) is 7.15. The summed E-state index contributed by atoms with van der Waals surface area (Å²) in [5.74, 6) is -1.49. The first-order chi connectivity index (χ1) is 17.0. The highest BCUT2D eigenvalue weighted by Crippen LogP contribution is 2.36. The summed E-state index contributed by atoms with van der Waals surface area (Å²) in [5, 5.41) is 19.0. The molecular weight excluding hydrogens is 446 g/mol. The fraction of sp³-hybridized carbons (Fsp3) is 0.192. The Morgan fingerprint density at radius 1 is 1.17 bits per heavy atom. The number of para-hydroxylation sites is 1. The average Bonchev–Trinajstić information content (AvgIpc) is 2.88. The second kappa shape index (κ2) is 10.6. The van der Waals surface area contributed by atoms with Crippen LogP contribution in [0.25, 0.3) is 11.3 Å². The maximum absolute atomic E-state index is 12.9. The third-order valence-electron chi connectivity index (χ3n) is 5.63. The monoisotopic (exact) mass is 473 g/mol. The summed E-state index contributed by atoms with van der Waals surface area (Å²) < 4.78 is 4.85. The Morgan fingerprint density at radius 2 is 1.94 bits per heavy atom. The Labute approximate surface area is 203 Å². The SMILES string of the molecule is CCOC(=O)CNC(=O)C1=C(O)c2cccc(C3=CN(c4ccccc4)CC=C3)c2CN1/N=C\N. The van der Waals surface area contributed by atoms with Gasteiger partial charge in [0.15, 0.2) is 11.5 Å². The van der Waals surface area contributed by atoms with E-state index in [1.54, 1.807) is 13.0 Å². The molecule has 4 rings (SSSR count). The number of anilines is 1. The van der Waals surface area contributed by atoms with E-state index in [9.17, 15) is 14.7 Å². The number of nitrogens with two attached hydrogens (primary N) is 1. The van der Waals surface area contributed by atoms with Crippen LogP contribution >= 0.6 is 0 Å². The molecule has 0 aliphatic carbocycles. The number of carbonyl (C=O) groups is 2. The molecule has 2 aromatic rings. The lowest BCUT2D eigenvalue weighted by atomic mass is 9.91. The van der Waals surface area contributed by atoms with Crippen molar-refractivity contribution in [3.63, 3.8) is 0 Å². The van der Waals surface area contributed by atoms with Crippen molar-refractivity contribution in [3.05, 3.63) is 89.3 Å². The number of hydrogen-bond donors (Lipinski definition) is 3. The molecule has 180 valence electrons. The van der Waals surface area contributed by atoms with E-state index in [0.29, 0.717) is 5.56 Å². The van der Waals surface area contributed by atoms with Crippen molar-refractivity contribution in [2.45, 2.75) is 13.5 Å². The Bertz CT molecular complexity index is 1230. The van der Waals surface area contributed by atoms with Crippen molar-refractivity contribution in [2.24, 2.45) is 10.8 Å². The van der Waals surface area contributed by atoms with E-state index in [1.165, 1.54) is 5.01 Å². The molecule has 2 heterocycles. The molecule has 0 saturated heterocycles. The van der Waals surface area contributed by atoms with Crippen molar-refractivity contribution >= 4 is 35.2 Å². The number of hydrogen-bond acceptors (Lipinski definition) is 7. The van der Waals surface area contributed by atoms with Gasteiger partial charge in [-0.25, -0.2) is 0 Å². The van der Waals surface area contributed by atoms with Gasteiger partial charge in [-0.2, -0.15) is 5.10 Å². The summed E-state index contributed by atoms with van der Waals surface area (Å²) in [6.07, 6.45) is 7.22. The van der Waals surface area contributed by atoms with Crippen molar-refractivity contribution in [2.75, 3.05) is 24.6 Å². The Hall–Kier alpha value is -4.53. The lowest BCUT2D eigenvalue weighted by molar-refractivity contribution is -0.143. The molecule has 2 aliphatic rings. The highest BCUT2D eigenvalue weighted by atomic mass is 16.5. The zero-order valence-electron chi connectivity index (χ0n) is 19.3. The van der Waals surface area contributed by atoms with Crippen LogP contribution in [0.3, 0.4) is 0 Å². The largest absolute Gasteiger partial charge is 0.505 e. The fourth-order valence-corrected chi connectivity index (χ4v) is 4.10. The zero-order chi connectivity index (χ0) is 24.8. The number of fused-ring (bicyclic) bond motifs is 1. The standard InChI is InChI=1S/C26H27N5O4/c1-2-35-23(32)14-28-26(34)24-25(33)21-12-6-11-20(22(21)16-31(24)29-17-27)18-8-7-13-30(15-18)19-9-4-3-5-10-19/h3-12,15,17,33H,2,13-14,16H2,1H3,(H2,27,29)(H,28,34). The molecule has 9 nitrogen and oxygen atoms in total. The molecule has 35 heavy (non-hydrogen) atoms. The van der Waals surface area contributed by atoms with Crippen LogP contribution in [0.15, 0.2) is 77.7 Å². The summed E-state index contributed by atoms with van der Waals surface area (Å²) in [4.78, 5) is 26.7. The molecule has 0 unspecified atom stereocenters. The van der Waals surface area contributed by atoms with Crippen molar-refractivity contribution in [1.82, 2.24) is 10.3 Å². The van der Waals surface area contributed by atoms with Gasteiger partial charge in [-0.15, -0.1) is 0 Å². The van der Waals surface area contributed by atoms with Crippen molar-refractivity contribution in [1.29, 1.82) is 0 Å². The number of aliphatic hydroxyl groups is 1. The number of hydrazone groups is 1. The number of benzene rings is 2. The number of esters is 1. The van der Waals surface area contributed by atoms with Gasteiger partial charge in [-0.05, 0) is 35.8 Å². The van der Waals surface area contributed by atoms with E-state index in [1.807, 2.05) is 48.5 Å². The zero-order valence-corrected chi connectivity index (χ0v) is 19.3. The fourth-order valence-electron chi connectivity index (χ4n) is 4.10. The number of rotatable bonds is 7. The van der Waals surface area contributed by atoms with Gasteiger partial charge >= 0.3 is 5.97 Å². The smallest absolute Gasteiger partial charge is 0.325 e. The molecule has 9 heteroatoms.